The maximum absolute atomic E-state index is 12.7. The Balaban J connectivity index is 1.94. The van der Waals surface area contributed by atoms with E-state index in [1.807, 2.05) is 0 Å². The summed E-state index contributed by atoms with van der Waals surface area (Å²) in [4.78, 5) is 4.10. The van der Waals surface area contributed by atoms with Crippen molar-refractivity contribution in [3.8, 4) is 0 Å². The normalized spacial score (nSPS) is 18.0. The van der Waals surface area contributed by atoms with Crippen molar-refractivity contribution in [1.82, 2.24) is 14.1 Å². The number of nitrogens with zero attached hydrogens (tertiary/aromatic N) is 2. The molecule has 1 fully saturated rings. The third kappa shape index (κ3) is 3.07. The molecule has 0 radical (unpaired) electrons. The molecule has 2 heterocycles. The van der Waals surface area contributed by atoms with Gasteiger partial charge in [-0.25, -0.2) is 18.1 Å². The molecule has 5 nitrogen and oxygen atoms in total. The summed E-state index contributed by atoms with van der Waals surface area (Å²) in [5.41, 5.74) is 0.531. The summed E-state index contributed by atoms with van der Waals surface area (Å²) >= 11 is 6.05. The van der Waals surface area contributed by atoms with Gasteiger partial charge in [-0.15, -0.1) is 0 Å². The van der Waals surface area contributed by atoms with Crippen LogP contribution in [0.2, 0.25) is 5.15 Å². The zero-order valence-electron chi connectivity index (χ0n) is 11.6. The molecule has 3 rings (SSSR count). The van der Waals surface area contributed by atoms with Crippen molar-refractivity contribution in [3.63, 3.8) is 0 Å². The maximum atomic E-state index is 12.7. The van der Waals surface area contributed by atoms with E-state index in [9.17, 15) is 8.42 Å². The zero-order chi connectivity index (χ0) is 14.9. The first-order valence-electron chi connectivity index (χ1n) is 7.23. The topological polar surface area (TPSA) is 63.5 Å². The van der Waals surface area contributed by atoms with Gasteiger partial charge in [0.2, 0.25) is 0 Å². The highest BCUT2D eigenvalue weighted by Gasteiger charge is 2.27. The van der Waals surface area contributed by atoms with Gasteiger partial charge in [0.25, 0.3) is 10.0 Å². The monoisotopic (exact) mass is 327 g/mol. The van der Waals surface area contributed by atoms with E-state index in [2.05, 4.69) is 9.71 Å². The number of rotatable bonds is 3. The van der Waals surface area contributed by atoms with Crippen molar-refractivity contribution in [2.75, 3.05) is 0 Å². The lowest BCUT2D eigenvalue weighted by molar-refractivity contribution is 0.507. The molecule has 114 valence electrons. The predicted molar refractivity (Wildman–Crippen MR) is 82.0 cm³/mol. The van der Waals surface area contributed by atoms with Crippen molar-refractivity contribution in [2.45, 2.75) is 49.6 Å². The molecule has 0 bridgehead atoms. The Morgan fingerprint density at radius 1 is 1.19 bits per heavy atom. The molecule has 7 heteroatoms. The maximum Gasteiger partial charge on any atom is 0.260 e. The number of nitrogens with one attached hydrogen (secondary N) is 1. The molecule has 2 aromatic rings. The molecule has 0 atom stereocenters. The van der Waals surface area contributed by atoms with Gasteiger partial charge in [-0.2, -0.15) is 0 Å². The van der Waals surface area contributed by atoms with Crippen LogP contribution in [0.4, 0.5) is 0 Å². The Morgan fingerprint density at radius 2 is 1.90 bits per heavy atom. The van der Waals surface area contributed by atoms with Gasteiger partial charge in [-0.1, -0.05) is 43.4 Å². The molecule has 1 aliphatic rings. The molecule has 21 heavy (non-hydrogen) atoms. The average molecular weight is 328 g/mol. The van der Waals surface area contributed by atoms with E-state index < -0.39 is 10.0 Å². The molecule has 2 aromatic heterocycles. The average Bonchev–Trinajstić information content (AvgIpc) is 2.59. The van der Waals surface area contributed by atoms with E-state index in [0.717, 1.165) is 25.7 Å². The highest BCUT2D eigenvalue weighted by Crippen LogP contribution is 2.24. The van der Waals surface area contributed by atoms with Gasteiger partial charge >= 0.3 is 0 Å². The minimum Gasteiger partial charge on any atom is -0.288 e. The number of fused-ring (bicyclic) bond motifs is 1. The summed E-state index contributed by atoms with van der Waals surface area (Å²) in [7, 11) is -3.67. The lowest BCUT2D eigenvalue weighted by Gasteiger charge is -2.16. The van der Waals surface area contributed by atoms with E-state index >= 15 is 0 Å². The second kappa shape index (κ2) is 5.94. The molecule has 1 saturated carbocycles. The zero-order valence-corrected chi connectivity index (χ0v) is 13.2. The van der Waals surface area contributed by atoms with Crippen LogP contribution >= 0.6 is 11.6 Å². The van der Waals surface area contributed by atoms with Crippen LogP contribution in [-0.2, 0) is 10.0 Å². The molecule has 0 unspecified atom stereocenters. The number of sulfonamides is 1. The second-order valence-corrected chi connectivity index (χ2v) is 7.43. The molecular formula is C14H18ClN3O2S. The van der Waals surface area contributed by atoms with Crippen molar-refractivity contribution in [1.29, 1.82) is 0 Å². The highest BCUT2D eigenvalue weighted by atomic mass is 35.5. The molecule has 0 aliphatic heterocycles. The lowest BCUT2D eigenvalue weighted by atomic mass is 10.1. The fourth-order valence-corrected chi connectivity index (χ4v) is 4.81. The van der Waals surface area contributed by atoms with Gasteiger partial charge in [0.15, 0.2) is 10.2 Å². The molecule has 0 amide bonds. The van der Waals surface area contributed by atoms with E-state index in [1.54, 1.807) is 24.4 Å². The minimum atomic E-state index is -3.67. The second-order valence-electron chi connectivity index (χ2n) is 5.45. The molecular weight excluding hydrogens is 310 g/mol. The van der Waals surface area contributed by atoms with Gasteiger partial charge in [0.1, 0.15) is 5.65 Å². The van der Waals surface area contributed by atoms with E-state index in [0.29, 0.717) is 5.65 Å². The van der Waals surface area contributed by atoms with Gasteiger partial charge in [-0.3, -0.25) is 4.40 Å². The van der Waals surface area contributed by atoms with Gasteiger partial charge < -0.3 is 0 Å². The summed E-state index contributed by atoms with van der Waals surface area (Å²) in [6.07, 6.45) is 7.91. The number of aromatic nitrogens is 2. The first kappa shape index (κ1) is 14.8. The fourth-order valence-electron chi connectivity index (χ4n) is 2.86. The number of pyridine rings is 1. The first-order valence-corrected chi connectivity index (χ1v) is 9.09. The highest BCUT2D eigenvalue weighted by molar-refractivity contribution is 7.89. The molecule has 1 N–H and O–H groups in total. The van der Waals surface area contributed by atoms with Crippen LogP contribution in [0.5, 0.6) is 0 Å². The van der Waals surface area contributed by atoms with Crippen LogP contribution in [-0.4, -0.2) is 23.8 Å². The molecule has 1 aliphatic carbocycles. The van der Waals surface area contributed by atoms with Crippen molar-refractivity contribution in [3.05, 3.63) is 29.5 Å². The third-order valence-corrected chi connectivity index (χ3v) is 5.80. The Morgan fingerprint density at radius 3 is 2.62 bits per heavy atom. The van der Waals surface area contributed by atoms with Crippen molar-refractivity contribution in [2.24, 2.45) is 0 Å². The van der Waals surface area contributed by atoms with Crippen LogP contribution in [0.15, 0.2) is 29.4 Å². The Hall–Kier alpha value is -1.11. The SMILES string of the molecule is O=S(=O)(NC1CCCCCC1)c1c(Cl)nc2ccccn12. The van der Waals surface area contributed by atoms with Gasteiger partial charge in [0, 0.05) is 12.2 Å². The summed E-state index contributed by atoms with van der Waals surface area (Å²) in [5, 5.41) is 0.0475. The summed E-state index contributed by atoms with van der Waals surface area (Å²) in [6, 6.07) is 5.28. The molecule has 0 saturated heterocycles. The number of hydrogen-bond donors (Lipinski definition) is 1. The Bertz CT molecular complexity index is 734. The third-order valence-electron chi connectivity index (χ3n) is 3.88. The summed E-state index contributed by atoms with van der Waals surface area (Å²) < 4.78 is 29.6. The van der Waals surface area contributed by atoms with Crippen LogP contribution in [0.1, 0.15) is 38.5 Å². The summed E-state index contributed by atoms with van der Waals surface area (Å²) in [5.74, 6) is 0. The summed E-state index contributed by atoms with van der Waals surface area (Å²) in [6.45, 7) is 0. The molecule has 0 spiro atoms. The standard InChI is InChI=1S/C14H18ClN3O2S/c15-13-14(18-10-6-5-9-12(18)16-13)21(19,20)17-11-7-3-1-2-4-8-11/h5-6,9-11,17H,1-4,7-8H2. The largest absolute Gasteiger partial charge is 0.288 e. The van der Waals surface area contributed by atoms with Crippen molar-refractivity contribution >= 4 is 27.3 Å². The van der Waals surface area contributed by atoms with Crippen molar-refractivity contribution < 1.29 is 8.42 Å². The molecule has 0 aromatic carbocycles. The van der Waals surface area contributed by atoms with Gasteiger partial charge in [0.05, 0.1) is 0 Å². The van der Waals surface area contributed by atoms with Crippen LogP contribution in [0.25, 0.3) is 5.65 Å². The van der Waals surface area contributed by atoms with Crippen LogP contribution < -0.4 is 4.72 Å². The Labute approximate surface area is 129 Å². The minimum absolute atomic E-state index is 0.0113. The van der Waals surface area contributed by atoms with E-state index in [4.69, 9.17) is 11.6 Å². The Kier molecular flexibility index (Phi) is 4.19. The lowest BCUT2D eigenvalue weighted by Crippen LogP contribution is -2.35. The van der Waals surface area contributed by atoms with Crippen LogP contribution in [0, 0.1) is 0 Å². The van der Waals surface area contributed by atoms with Crippen LogP contribution in [0.3, 0.4) is 0 Å². The number of imidazole rings is 1. The fraction of sp³-hybridized carbons (Fsp3) is 0.500. The quantitative estimate of drug-likeness (QED) is 0.881. The predicted octanol–water partition coefficient (Wildman–Crippen LogP) is 2.99. The van der Waals surface area contributed by atoms with E-state index in [-0.39, 0.29) is 16.2 Å². The smallest absolute Gasteiger partial charge is 0.260 e. The first-order chi connectivity index (χ1) is 10.1. The number of hydrogen-bond acceptors (Lipinski definition) is 3. The van der Waals surface area contributed by atoms with E-state index in [1.165, 1.54) is 17.2 Å². The number of halogens is 1. The van der Waals surface area contributed by atoms with Gasteiger partial charge in [-0.05, 0) is 25.0 Å².